The van der Waals surface area contributed by atoms with Gasteiger partial charge in [-0.05, 0) is 36.4 Å². The Bertz CT molecular complexity index is 1160. The summed E-state index contributed by atoms with van der Waals surface area (Å²) in [5.74, 6) is -0.449. The topological polar surface area (TPSA) is 52.1 Å². The van der Waals surface area contributed by atoms with Gasteiger partial charge in [0.1, 0.15) is 6.61 Å². The third-order valence-corrected chi connectivity index (χ3v) is 4.85. The summed E-state index contributed by atoms with van der Waals surface area (Å²) >= 11 is 12.1. The van der Waals surface area contributed by atoms with Crippen molar-refractivity contribution in [2.75, 3.05) is 0 Å². The summed E-state index contributed by atoms with van der Waals surface area (Å²) < 4.78 is 5.52. The van der Waals surface area contributed by atoms with Gasteiger partial charge >= 0.3 is 5.97 Å². The summed E-state index contributed by atoms with van der Waals surface area (Å²) in [6.07, 6.45) is 3.40. The minimum Gasteiger partial charge on any atom is -0.457 e. The van der Waals surface area contributed by atoms with Gasteiger partial charge in [-0.2, -0.15) is 0 Å². The molecule has 0 aliphatic carbocycles. The molecule has 0 unspecified atom stereocenters. The van der Waals surface area contributed by atoms with Crippen molar-refractivity contribution in [3.05, 3.63) is 94.2 Å². The van der Waals surface area contributed by atoms with E-state index in [9.17, 15) is 4.79 Å². The van der Waals surface area contributed by atoms with Crippen LogP contribution in [0.4, 0.5) is 0 Å². The largest absolute Gasteiger partial charge is 0.457 e. The van der Waals surface area contributed by atoms with Crippen molar-refractivity contribution >= 4 is 40.1 Å². The maximum Gasteiger partial charge on any atom is 0.339 e. The van der Waals surface area contributed by atoms with E-state index < -0.39 is 5.97 Å². The molecule has 0 N–H and O–H groups in total. The van der Waals surface area contributed by atoms with Gasteiger partial charge in [0.25, 0.3) is 0 Å². The predicted octanol–water partition coefficient (Wildman–Crippen LogP) is 5.96. The van der Waals surface area contributed by atoms with Crippen molar-refractivity contribution in [3.8, 4) is 11.3 Å². The molecule has 2 aromatic heterocycles. The first-order valence-electron chi connectivity index (χ1n) is 8.53. The first-order chi connectivity index (χ1) is 13.6. The van der Waals surface area contributed by atoms with Crippen LogP contribution in [0.2, 0.25) is 10.0 Å². The van der Waals surface area contributed by atoms with E-state index in [1.165, 1.54) is 0 Å². The number of ether oxygens (including phenoxy) is 1. The second-order valence-electron chi connectivity index (χ2n) is 6.13. The Labute approximate surface area is 171 Å². The number of fused-ring (bicyclic) bond motifs is 1. The standard InChI is InChI=1S/C22H14Cl2N2O2/c23-16-8-7-15(19(24)10-16)13-28-22(27)18-11-21(14-4-3-9-25-12-14)26-20-6-2-1-5-17(18)20/h1-12H,13H2. The van der Waals surface area contributed by atoms with Gasteiger partial charge in [0.05, 0.1) is 16.8 Å². The molecule has 4 aromatic rings. The van der Waals surface area contributed by atoms with E-state index in [1.807, 2.05) is 36.4 Å². The van der Waals surface area contributed by atoms with Crippen LogP contribution in [-0.2, 0) is 11.3 Å². The molecular formula is C22H14Cl2N2O2. The summed E-state index contributed by atoms with van der Waals surface area (Å²) in [7, 11) is 0. The molecule has 0 aliphatic rings. The van der Waals surface area contributed by atoms with Gasteiger partial charge in [0.2, 0.25) is 0 Å². The van der Waals surface area contributed by atoms with E-state index >= 15 is 0 Å². The number of carbonyl (C=O) groups excluding carboxylic acids is 1. The lowest BCUT2D eigenvalue weighted by Crippen LogP contribution is -2.07. The molecule has 0 saturated carbocycles. The number of esters is 1. The van der Waals surface area contributed by atoms with E-state index in [4.69, 9.17) is 27.9 Å². The van der Waals surface area contributed by atoms with Crippen LogP contribution in [0, 0.1) is 0 Å². The molecule has 0 saturated heterocycles. The van der Waals surface area contributed by atoms with Gasteiger partial charge in [0, 0.05) is 39.0 Å². The number of carbonyl (C=O) groups is 1. The van der Waals surface area contributed by atoms with Crippen molar-refractivity contribution in [3.63, 3.8) is 0 Å². The van der Waals surface area contributed by atoms with Crippen LogP contribution in [0.5, 0.6) is 0 Å². The third-order valence-electron chi connectivity index (χ3n) is 4.27. The lowest BCUT2D eigenvalue weighted by molar-refractivity contribution is 0.0475. The number of benzene rings is 2. The van der Waals surface area contributed by atoms with Gasteiger partial charge in [-0.3, -0.25) is 4.98 Å². The van der Waals surface area contributed by atoms with Gasteiger partial charge < -0.3 is 4.74 Å². The molecule has 2 aromatic carbocycles. The molecule has 0 aliphatic heterocycles. The predicted molar refractivity (Wildman–Crippen MR) is 111 cm³/mol. The minimum absolute atomic E-state index is 0.0493. The van der Waals surface area contributed by atoms with Crippen molar-refractivity contribution in [1.82, 2.24) is 9.97 Å². The number of halogens is 2. The zero-order valence-corrected chi connectivity index (χ0v) is 16.1. The van der Waals surface area contributed by atoms with Crippen molar-refractivity contribution < 1.29 is 9.53 Å². The van der Waals surface area contributed by atoms with Crippen LogP contribution in [0.1, 0.15) is 15.9 Å². The highest BCUT2D eigenvalue weighted by Gasteiger charge is 2.16. The van der Waals surface area contributed by atoms with Gasteiger partial charge in [-0.25, -0.2) is 9.78 Å². The zero-order chi connectivity index (χ0) is 19.5. The molecule has 0 amide bonds. The Hall–Kier alpha value is -2.95. The molecule has 4 nitrogen and oxygen atoms in total. The van der Waals surface area contributed by atoms with Crippen LogP contribution >= 0.6 is 23.2 Å². The number of hydrogen-bond donors (Lipinski definition) is 0. The highest BCUT2D eigenvalue weighted by atomic mass is 35.5. The Kier molecular flexibility index (Phi) is 5.24. The number of para-hydroxylation sites is 1. The Morgan fingerprint density at radius 3 is 2.64 bits per heavy atom. The summed E-state index contributed by atoms with van der Waals surface area (Å²) in [6, 6.07) is 18.0. The van der Waals surface area contributed by atoms with Crippen LogP contribution < -0.4 is 0 Å². The Morgan fingerprint density at radius 1 is 1.00 bits per heavy atom. The Balaban J connectivity index is 1.69. The lowest BCUT2D eigenvalue weighted by Gasteiger charge is -2.11. The molecule has 0 bridgehead atoms. The minimum atomic E-state index is -0.449. The Morgan fingerprint density at radius 2 is 1.86 bits per heavy atom. The zero-order valence-electron chi connectivity index (χ0n) is 14.6. The fraction of sp³-hybridized carbons (Fsp3) is 0.0455. The van der Waals surface area contributed by atoms with Crippen LogP contribution in [0.15, 0.2) is 73.1 Å². The first-order valence-corrected chi connectivity index (χ1v) is 9.28. The maximum atomic E-state index is 12.9. The van der Waals surface area contributed by atoms with Gasteiger partial charge in [-0.1, -0.05) is 47.5 Å². The molecule has 4 rings (SSSR count). The van der Waals surface area contributed by atoms with Crippen LogP contribution in [0.3, 0.4) is 0 Å². The van der Waals surface area contributed by atoms with Crippen LogP contribution in [-0.4, -0.2) is 15.9 Å². The molecule has 2 heterocycles. The maximum absolute atomic E-state index is 12.9. The summed E-state index contributed by atoms with van der Waals surface area (Å²) in [6.45, 7) is 0.0493. The highest BCUT2D eigenvalue weighted by molar-refractivity contribution is 6.35. The highest BCUT2D eigenvalue weighted by Crippen LogP contribution is 2.26. The first kappa shape index (κ1) is 18.4. The second kappa shape index (κ2) is 7.97. The molecule has 6 heteroatoms. The van der Waals surface area contributed by atoms with Gasteiger partial charge in [-0.15, -0.1) is 0 Å². The number of pyridine rings is 2. The molecule has 28 heavy (non-hydrogen) atoms. The van der Waals surface area contributed by atoms with Crippen molar-refractivity contribution in [1.29, 1.82) is 0 Å². The third kappa shape index (κ3) is 3.84. The molecule has 138 valence electrons. The molecular weight excluding hydrogens is 395 g/mol. The molecule has 0 radical (unpaired) electrons. The lowest BCUT2D eigenvalue weighted by atomic mass is 10.1. The molecule has 0 atom stereocenters. The quantitative estimate of drug-likeness (QED) is 0.390. The number of hydrogen-bond acceptors (Lipinski definition) is 4. The molecule has 0 fully saturated rings. The summed E-state index contributed by atoms with van der Waals surface area (Å²) in [5.41, 5.74) is 3.31. The molecule has 0 spiro atoms. The number of rotatable bonds is 4. The van der Waals surface area contributed by atoms with Crippen LogP contribution in [0.25, 0.3) is 22.2 Å². The van der Waals surface area contributed by atoms with Gasteiger partial charge in [0.15, 0.2) is 0 Å². The SMILES string of the molecule is O=C(OCc1ccc(Cl)cc1Cl)c1cc(-c2cccnc2)nc2ccccc12. The smallest absolute Gasteiger partial charge is 0.339 e. The van der Waals surface area contributed by atoms with E-state index in [-0.39, 0.29) is 6.61 Å². The van der Waals surface area contributed by atoms with E-state index in [2.05, 4.69) is 9.97 Å². The van der Waals surface area contributed by atoms with E-state index in [0.29, 0.717) is 32.4 Å². The second-order valence-corrected chi connectivity index (χ2v) is 6.97. The normalized spacial score (nSPS) is 10.8. The fourth-order valence-electron chi connectivity index (χ4n) is 2.87. The average Bonchev–Trinajstić information content (AvgIpc) is 2.72. The van der Waals surface area contributed by atoms with Crippen molar-refractivity contribution in [2.24, 2.45) is 0 Å². The fourth-order valence-corrected chi connectivity index (χ4v) is 3.33. The van der Waals surface area contributed by atoms with E-state index in [1.54, 1.807) is 36.7 Å². The summed E-state index contributed by atoms with van der Waals surface area (Å²) in [5, 5.41) is 1.71. The van der Waals surface area contributed by atoms with Crippen molar-refractivity contribution in [2.45, 2.75) is 6.61 Å². The monoisotopic (exact) mass is 408 g/mol. The number of aromatic nitrogens is 2. The average molecular weight is 409 g/mol. The van der Waals surface area contributed by atoms with E-state index in [0.717, 1.165) is 10.9 Å². The summed E-state index contributed by atoms with van der Waals surface area (Å²) in [4.78, 5) is 21.6. The number of nitrogens with zero attached hydrogens (tertiary/aromatic N) is 2.